The van der Waals surface area contributed by atoms with Crippen LogP contribution in [0.15, 0.2) is 54.6 Å². The van der Waals surface area contributed by atoms with Crippen molar-refractivity contribution in [2.24, 2.45) is 5.92 Å². The Labute approximate surface area is 217 Å². The zero-order valence-corrected chi connectivity index (χ0v) is 21.9. The normalized spacial score (nSPS) is 20.4. The van der Waals surface area contributed by atoms with E-state index >= 15 is 0 Å². The lowest BCUT2D eigenvalue weighted by atomic mass is 9.97. The molecule has 0 aromatic heterocycles. The van der Waals surface area contributed by atoms with Crippen molar-refractivity contribution in [3.63, 3.8) is 0 Å². The van der Waals surface area contributed by atoms with E-state index in [0.717, 1.165) is 29.5 Å². The van der Waals surface area contributed by atoms with Crippen molar-refractivity contribution in [3.8, 4) is 0 Å². The maximum absolute atomic E-state index is 13.6. The second-order valence-corrected chi connectivity index (χ2v) is 11.9. The largest absolute Gasteiger partial charge is 0.381 e. The Morgan fingerprint density at radius 3 is 2.39 bits per heavy atom. The van der Waals surface area contributed by atoms with E-state index < -0.39 is 28.8 Å². The van der Waals surface area contributed by atoms with Gasteiger partial charge in [-0.25, -0.2) is 0 Å². The lowest BCUT2D eigenvalue weighted by molar-refractivity contribution is -0.147. The zero-order chi connectivity index (χ0) is 25.9. The van der Waals surface area contributed by atoms with Crippen LogP contribution in [0.5, 0.6) is 0 Å². The van der Waals surface area contributed by atoms with Crippen molar-refractivity contribution in [1.29, 1.82) is 0 Å². The fourth-order valence-electron chi connectivity index (χ4n) is 4.60. The highest BCUT2D eigenvalue weighted by molar-refractivity contribution is 8.00. The minimum atomic E-state index is -1.46. The number of rotatable bonds is 9. The van der Waals surface area contributed by atoms with Crippen molar-refractivity contribution in [3.05, 3.63) is 71.3 Å². The number of aliphatic hydroxyl groups excluding tert-OH is 1. The Morgan fingerprint density at radius 2 is 1.72 bits per heavy atom. The first-order valence-electron chi connectivity index (χ1n) is 12.5. The minimum absolute atomic E-state index is 0.0492. The number of hydrogen-bond donors (Lipinski definition) is 3. The van der Waals surface area contributed by atoms with Crippen LogP contribution in [-0.4, -0.2) is 56.5 Å². The molecule has 36 heavy (non-hydrogen) atoms. The minimum Gasteiger partial charge on any atom is -0.381 e. The average Bonchev–Trinajstić information content (AvgIpc) is 3.66. The first-order chi connectivity index (χ1) is 17.2. The molecule has 1 aliphatic carbocycles. The number of carbonyl (C=O) groups is 3. The SMILES string of the molecule is Cc1ccccc1CNC(=O)C1N(C(=O)C(O)C(Cc2ccccc2)NC(=O)C2CC2)CSC1(C)C. The number of aliphatic hydroxyl groups is 1. The van der Waals surface area contributed by atoms with Crippen molar-refractivity contribution in [1.82, 2.24) is 15.5 Å². The first kappa shape index (κ1) is 26.2. The summed E-state index contributed by atoms with van der Waals surface area (Å²) in [5.41, 5.74) is 3.00. The summed E-state index contributed by atoms with van der Waals surface area (Å²) in [6, 6.07) is 15.8. The molecular weight excluding hydrogens is 474 g/mol. The van der Waals surface area contributed by atoms with Gasteiger partial charge in [0, 0.05) is 17.2 Å². The van der Waals surface area contributed by atoms with Gasteiger partial charge in [-0.2, -0.15) is 0 Å². The Bertz CT molecular complexity index is 1100. The quantitative estimate of drug-likeness (QED) is 0.483. The molecule has 2 fully saturated rings. The molecule has 4 rings (SSSR count). The van der Waals surface area contributed by atoms with Gasteiger partial charge in [0.1, 0.15) is 6.04 Å². The maximum atomic E-state index is 13.6. The molecule has 2 aliphatic rings. The standard InChI is InChI=1S/C28H35N3O4S/c1-18-9-7-8-12-21(18)16-29-26(34)24-28(2,3)36-17-31(24)27(35)23(32)22(30-25(33)20-13-14-20)15-19-10-5-4-6-11-19/h4-12,20,22-24,32H,13-17H2,1-3H3,(H,29,34)(H,30,33). The molecule has 0 bridgehead atoms. The molecule has 2 aromatic rings. The Morgan fingerprint density at radius 1 is 1.06 bits per heavy atom. The lowest BCUT2D eigenvalue weighted by Gasteiger charge is -2.33. The molecule has 1 heterocycles. The molecule has 1 aliphatic heterocycles. The van der Waals surface area contributed by atoms with Gasteiger partial charge in [-0.15, -0.1) is 11.8 Å². The molecule has 1 saturated heterocycles. The van der Waals surface area contributed by atoms with E-state index in [4.69, 9.17) is 0 Å². The highest BCUT2D eigenvalue weighted by atomic mass is 32.2. The van der Waals surface area contributed by atoms with Crippen molar-refractivity contribution < 1.29 is 19.5 Å². The van der Waals surface area contributed by atoms with Gasteiger partial charge in [-0.1, -0.05) is 54.6 Å². The fraction of sp³-hybridized carbons (Fsp3) is 0.464. The second-order valence-electron chi connectivity index (χ2n) is 10.3. The Kier molecular flexibility index (Phi) is 8.05. The number of thioether (sulfide) groups is 1. The predicted octanol–water partition coefficient (Wildman–Crippen LogP) is 2.79. The van der Waals surface area contributed by atoms with Crippen molar-refractivity contribution >= 4 is 29.5 Å². The second kappa shape index (κ2) is 11.0. The number of carbonyl (C=O) groups excluding carboxylic acids is 3. The molecule has 3 atom stereocenters. The number of aryl methyl sites for hydroxylation is 1. The topological polar surface area (TPSA) is 98.7 Å². The molecule has 7 nitrogen and oxygen atoms in total. The van der Waals surface area contributed by atoms with Crippen LogP contribution >= 0.6 is 11.8 Å². The predicted molar refractivity (Wildman–Crippen MR) is 141 cm³/mol. The molecule has 3 unspecified atom stereocenters. The number of nitrogens with one attached hydrogen (secondary N) is 2. The van der Waals surface area contributed by atoms with Crippen LogP contribution in [0.25, 0.3) is 0 Å². The molecule has 3 amide bonds. The lowest BCUT2D eigenvalue weighted by Crippen LogP contribution is -2.58. The summed E-state index contributed by atoms with van der Waals surface area (Å²) < 4.78 is -0.530. The molecule has 2 aromatic carbocycles. The molecule has 8 heteroatoms. The highest BCUT2D eigenvalue weighted by Gasteiger charge is 2.50. The summed E-state index contributed by atoms with van der Waals surface area (Å²) in [7, 11) is 0. The van der Waals surface area contributed by atoms with Crippen LogP contribution in [0.3, 0.4) is 0 Å². The van der Waals surface area contributed by atoms with E-state index in [1.54, 1.807) is 0 Å². The summed E-state index contributed by atoms with van der Waals surface area (Å²) in [5, 5.41) is 17.1. The maximum Gasteiger partial charge on any atom is 0.254 e. The van der Waals surface area contributed by atoms with Gasteiger partial charge < -0.3 is 20.6 Å². The van der Waals surface area contributed by atoms with E-state index in [9.17, 15) is 19.5 Å². The van der Waals surface area contributed by atoms with Crippen molar-refractivity contribution in [2.45, 2.75) is 69.5 Å². The van der Waals surface area contributed by atoms with Crippen LogP contribution in [0.1, 0.15) is 43.4 Å². The van der Waals surface area contributed by atoms with Gasteiger partial charge in [0.25, 0.3) is 5.91 Å². The monoisotopic (exact) mass is 509 g/mol. The molecular formula is C28H35N3O4S. The van der Waals surface area contributed by atoms with Crippen LogP contribution in [0.4, 0.5) is 0 Å². The van der Waals surface area contributed by atoms with E-state index in [1.807, 2.05) is 75.4 Å². The van der Waals surface area contributed by atoms with E-state index in [1.165, 1.54) is 16.7 Å². The third-order valence-electron chi connectivity index (χ3n) is 7.00. The molecule has 0 spiro atoms. The molecule has 0 radical (unpaired) electrons. The number of benzene rings is 2. The summed E-state index contributed by atoms with van der Waals surface area (Å²) in [6.45, 7) is 6.23. The van der Waals surface area contributed by atoms with Gasteiger partial charge in [-0.3, -0.25) is 14.4 Å². The summed E-state index contributed by atoms with van der Waals surface area (Å²) in [4.78, 5) is 41.0. The van der Waals surface area contributed by atoms with Crippen LogP contribution in [0.2, 0.25) is 0 Å². The van der Waals surface area contributed by atoms with Crippen LogP contribution in [0, 0.1) is 12.8 Å². The third kappa shape index (κ3) is 6.10. The van der Waals surface area contributed by atoms with Crippen molar-refractivity contribution in [2.75, 3.05) is 5.88 Å². The number of hydrogen-bond acceptors (Lipinski definition) is 5. The number of nitrogens with zero attached hydrogens (tertiary/aromatic N) is 1. The first-order valence-corrected chi connectivity index (χ1v) is 13.4. The summed E-state index contributed by atoms with van der Waals surface area (Å²) in [5.74, 6) is -0.685. The van der Waals surface area contributed by atoms with Gasteiger partial charge in [-0.05, 0) is 56.7 Å². The molecule has 3 N–H and O–H groups in total. The van der Waals surface area contributed by atoms with Gasteiger partial charge in [0.05, 0.1) is 11.9 Å². The Balaban J connectivity index is 1.49. The highest BCUT2D eigenvalue weighted by Crippen LogP contribution is 2.40. The smallest absolute Gasteiger partial charge is 0.254 e. The third-order valence-corrected chi connectivity index (χ3v) is 8.37. The van der Waals surface area contributed by atoms with Gasteiger partial charge in [0.2, 0.25) is 11.8 Å². The number of amides is 3. The van der Waals surface area contributed by atoms with E-state index in [-0.39, 0.29) is 17.7 Å². The van der Waals surface area contributed by atoms with Crippen LogP contribution in [-0.2, 0) is 27.3 Å². The summed E-state index contributed by atoms with van der Waals surface area (Å²) in [6.07, 6.45) is 0.511. The Hall–Kier alpha value is -2.84. The zero-order valence-electron chi connectivity index (χ0n) is 21.1. The fourth-order valence-corrected chi connectivity index (χ4v) is 5.74. The van der Waals surface area contributed by atoms with Crippen LogP contribution < -0.4 is 10.6 Å². The van der Waals surface area contributed by atoms with Gasteiger partial charge in [0.15, 0.2) is 6.10 Å². The molecule has 192 valence electrons. The molecule has 1 saturated carbocycles. The summed E-state index contributed by atoms with van der Waals surface area (Å²) >= 11 is 1.50. The van der Waals surface area contributed by atoms with Gasteiger partial charge >= 0.3 is 0 Å². The van der Waals surface area contributed by atoms with E-state index in [2.05, 4.69) is 10.6 Å². The average molecular weight is 510 g/mol. The van der Waals surface area contributed by atoms with E-state index in [0.29, 0.717) is 18.8 Å².